The molecule has 1 aliphatic carbocycles. The smallest absolute Gasteiger partial charge is 0.229 e. The van der Waals surface area contributed by atoms with E-state index in [-0.39, 0.29) is 28.0 Å². The van der Waals surface area contributed by atoms with Crippen molar-refractivity contribution in [2.75, 3.05) is 13.2 Å². The lowest BCUT2D eigenvalue weighted by molar-refractivity contribution is -0.352. The van der Waals surface area contributed by atoms with Crippen molar-refractivity contribution in [1.29, 1.82) is 0 Å². The van der Waals surface area contributed by atoms with E-state index in [1.54, 1.807) is 0 Å². The highest BCUT2D eigenvalue weighted by Crippen LogP contribution is 2.38. The molecular formula is C26H28O14. The lowest BCUT2D eigenvalue weighted by Gasteiger charge is -2.45. The molecule has 216 valence electrons. The summed E-state index contributed by atoms with van der Waals surface area (Å²) in [6.07, 6.45) is -16.6. The molecule has 2 aromatic rings. The summed E-state index contributed by atoms with van der Waals surface area (Å²) in [5.74, 6) is -1.87. The minimum absolute atomic E-state index is 0.00699. The van der Waals surface area contributed by atoms with Crippen molar-refractivity contribution in [3.05, 3.63) is 58.7 Å². The van der Waals surface area contributed by atoms with Gasteiger partial charge in [0, 0.05) is 11.1 Å². The van der Waals surface area contributed by atoms with Crippen molar-refractivity contribution in [1.82, 2.24) is 0 Å². The number of phenols is 1. The molecule has 0 amide bonds. The number of hydrogen-bond donors (Lipinski definition) is 8. The third-order valence-corrected chi connectivity index (χ3v) is 7.22. The molecule has 0 unspecified atom stereocenters. The monoisotopic (exact) mass is 564 g/mol. The number of benzene rings is 2. The first-order chi connectivity index (χ1) is 19.1. The Balaban J connectivity index is 1.38. The van der Waals surface area contributed by atoms with Gasteiger partial charge in [0.1, 0.15) is 60.3 Å². The van der Waals surface area contributed by atoms with Crippen molar-refractivity contribution in [2.24, 2.45) is 0 Å². The summed E-state index contributed by atoms with van der Waals surface area (Å²) in [6.45, 7) is -1.53. The van der Waals surface area contributed by atoms with E-state index in [1.165, 1.54) is 36.4 Å². The SMILES string of the molecule is O=C1c2cccc(O)c2C(=O)c2c(O[C@H]3O[C@@H](CO)[C@@H](O[C@H]4O[C@@H](CO)[C@@H](O)[C@@H](O)[C@H]4O)[C@@H](O)[C@@H]3O)cccc21. The van der Waals surface area contributed by atoms with Crippen molar-refractivity contribution >= 4 is 11.6 Å². The summed E-state index contributed by atoms with van der Waals surface area (Å²) in [5.41, 5.74) is -0.434. The molecule has 2 heterocycles. The number of rotatable bonds is 6. The second-order valence-electron chi connectivity index (χ2n) is 9.66. The number of phenolic OH excluding ortho intramolecular Hbond substituents is 1. The molecule has 2 aromatic carbocycles. The Morgan fingerprint density at radius 2 is 1.27 bits per heavy atom. The minimum atomic E-state index is -1.87. The number of aliphatic hydroxyl groups is 7. The zero-order valence-corrected chi connectivity index (χ0v) is 20.7. The van der Waals surface area contributed by atoms with E-state index in [4.69, 9.17) is 18.9 Å². The summed E-state index contributed by atoms with van der Waals surface area (Å²) >= 11 is 0. The van der Waals surface area contributed by atoms with Gasteiger partial charge >= 0.3 is 0 Å². The predicted octanol–water partition coefficient (Wildman–Crippen LogP) is -2.83. The molecule has 0 radical (unpaired) electrons. The van der Waals surface area contributed by atoms with Crippen molar-refractivity contribution in [2.45, 2.75) is 61.4 Å². The Hall–Kier alpha value is -3.02. The van der Waals surface area contributed by atoms with Crippen molar-refractivity contribution < 1.29 is 69.4 Å². The second-order valence-corrected chi connectivity index (χ2v) is 9.66. The standard InChI is InChI=1S/C26H28O14/c27-7-13-18(31)20(33)22(35)26(38-13)40-24-14(8-28)39-25(23(36)21(24)34)37-12-6-2-4-10-16(12)19(32)15-9(17(10)30)3-1-5-11(15)29/h1-6,13-14,18,20-29,31,33-36H,7-8H2/t13-,14-,18+,20+,21-,22+,23-,24+,25-,26+/m0/s1. The van der Waals surface area contributed by atoms with Gasteiger partial charge in [-0.2, -0.15) is 0 Å². The number of fused-ring (bicyclic) bond motifs is 2. The average molecular weight is 564 g/mol. The Labute approximate surface area is 226 Å². The van der Waals surface area contributed by atoms with E-state index in [0.717, 1.165) is 0 Å². The molecule has 5 rings (SSSR count). The third kappa shape index (κ3) is 4.67. The van der Waals surface area contributed by atoms with Gasteiger partial charge in [-0.05, 0) is 12.1 Å². The number of aliphatic hydroxyl groups excluding tert-OH is 7. The Morgan fingerprint density at radius 3 is 1.95 bits per heavy atom. The first-order valence-corrected chi connectivity index (χ1v) is 12.4. The highest BCUT2D eigenvalue weighted by Gasteiger charge is 2.51. The number of carbonyl (C=O) groups is 2. The van der Waals surface area contributed by atoms with E-state index in [9.17, 15) is 50.4 Å². The van der Waals surface area contributed by atoms with Crippen LogP contribution in [-0.4, -0.2) is 127 Å². The van der Waals surface area contributed by atoms with Gasteiger partial charge < -0.3 is 59.8 Å². The fourth-order valence-corrected chi connectivity index (χ4v) is 5.07. The van der Waals surface area contributed by atoms with Gasteiger partial charge in [-0.25, -0.2) is 0 Å². The van der Waals surface area contributed by atoms with Crippen molar-refractivity contribution in [3.8, 4) is 11.5 Å². The lowest BCUT2D eigenvalue weighted by atomic mass is 9.83. The zero-order chi connectivity index (χ0) is 28.9. The van der Waals surface area contributed by atoms with E-state index in [0.29, 0.717) is 0 Å². The lowest BCUT2D eigenvalue weighted by Crippen LogP contribution is -2.65. The normalized spacial score (nSPS) is 35.7. The minimum Gasteiger partial charge on any atom is -0.507 e. The van der Waals surface area contributed by atoms with Gasteiger partial charge in [0.2, 0.25) is 12.1 Å². The molecule has 14 heteroatoms. The summed E-state index contributed by atoms with van der Waals surface area (Å²) in [4.78, 5) is 26.4. The van der Waals surface area contributed by atoms with Crippen LogP contribution < -0.4 is 4.74 Å². The van der Waals surface area contributed by atoms with Crippen LogP contribution in [-0.2, 0) is 14.2 Å². The average Bonchev–Trinajstić information content (AvgIpc) is 2.95. The van der Waals surface area contributed by atoms with Gasteiger partial charge in [-0.3, -0.25) is 9.59 Å². The molecule has 8 N–H and O–H groups in total. The van der Waals surface area contributed by atoms with Crippen LogP contribution in [0.3, 0.4) is 0 Å². The molecule has 2 aliphatic heterocycles. The zero-order valence-electron chi connectivity index (χ0n) is 20.7. The molecule has 2 saturated heterocycles. The van der Waals surface area contributed by atoms with Crippen LogP contribution in [0.1, 0.15) is 31.8 Å². The van der Waals surface area contributed by atoms with Gasteiger partial charge in [0.05, 0.1) is 24.3 Å². The van der Waals surface area contributed by atoms with E-state index < -0.39 is 91.9 Å². The summed E-state index contributed by atoms with van der Waals surface area (Å²) in [7, 11) is 0. The van der Waals surface area contributed by atoms with Crippen LogP contribution in [0, 0.1) is 0 Å². The largest absolute Gasteiger partial charge is 0.507 e. The molecule has 14 nitrogen and oxygen atoms in total. The van der Waals surface area contributed by atoms with E-state index in [1.807, 2.05) is 0 Å². The van der Waals surface area contributed by atoms with Gasteiger partial charge in [0.15, 0.2) is 12.1 Å². The third-order valence-electron chi connectivity index (χ3n) is 7.22. The number of hydrogen-bond acceptors (Lipinski definition) is 14. The summed E-state index contributed by atoms with van der Waals surface area (Å²) < 4.78 is 22.1. The fraction of sp³-hybridized carbons (Fsp3) is 0.462. The maximum absolute atomic E-state index is 13.3. The van der Waals surface area contributed by atoms with Crippen LogP contribution in [0.5, 0.6) is 11.5 Å². The summed E-state index contributed by atoms with van der Waals surface area (Å²) in [6, 6.07) is 8.22. The molecular weight excluding hydrogens is 536 g/mol. The molecule has 0 saturated carbocycles. The number of aromatic hydroxyl groups is 1. The van der Waals surface area contributed by atoms with Crippen LogP contribution in [0.4, 0.5) is 0 Å². The number of ether oxygens (including phenoxy) is 4. The van der Waals surface area contributed by atoms with E-state index in [2.05, 4.69) is 0 Å². The van der Waals surface area contributed by atoms with Crippen LogP contribution >= 0.6 is 0 Å². The fourth-order valence-electron chi connectivity index (χ4n) is 5.07. The Kier molecular flexibility index (Phi) is 7.91. The molecule has 2 fully saturated rings. The maximum atomic E-state index is 13.3. The van der Waals surface area contributed by atoms with E-state index >= 15 is 0 Å². The van der Waals surface area contributed by atoms with Crippen LogP contribution in [0.15, 0.2) is 36.4 Å². The van der Waals surface area contributed by atoms with Crippen molar-refractivity contribution in [3.63, 3.8) is 0 Å². The number of carbonyl (C=O) groups excluding carboxylic acids is 2. The molecule has 0 aromatic heterocycles. The molecule has 40 heavy (non-hydrogen) atoms. The Bertz CT molecular complexity index is 1280. The Morgan fingerprint density at radius 1 is 0.675 bits per heavy atom. The molecule has 3 aliphatic rings. The maximum Gasteiger partial charge on any atom is 0.229 e. The van der Waals surface area contributed by atoms with Gasteiger partial charge in [-0.15, -0.1) is 0 Å². The van der Waals surface area contributed by atoms with Gasteiger partial charge in [-0.1, -0.05) is 24.3 Å². The van der Waals surface area contributed by atoms with Gasteiger partial charge in [0.25, 0.3) is 0 Å². The predicted molar refractivity (Wildman–Crippen MR) is 128 cm³/mol. The second kappa shape index (κ2) is 11.1. The topological polar surface area (TPSA) is 233 Å². The molecule has 0 bridgehead atoms. The summed E-state index contributed by atoms with van der Waals surface area (Å²) in [5, 5.41) is 81.4. The first kappa shape index (κ1) is 28.5. The van der Waals surface area contributed by atoms with Crippen LogP contribution in [0.2, 0.25) is 0 Å². The first-order valence-electron chi connectivity index (χ1n) is 12.4. The quantitative estimate of drug-likeness (QED) is 0.151. The highest BCUT2D eigenvalue weighted by atomic mass is 16.7. The molecule has 10 atom stereocenters. The highest BCUT2D eigenvalue weighted by molar-refractivity contribution is 6.30. The molecule has 0 spiro atoms. The van der Waals surface area contributed by atoms with Crippen LogP contribution in [0.25, 0.3) is 0 Å². The number of ketones is 2.